The van der Waals surface area contributed by atoms with Crippen molar-refractivity contribution in [2.24, 2.45) is 5.41 Å². The molecule has 3 aromatic carbocycles. The molecule has 7 nitrogen and oxygen atoms in total. The van der Waals surface area contributed by atoms with Crippen LogP contribution in [0, 0.1) is 11.2 Å². The number of nitrogens with one attached hydrogen (secondary N) is 1. The number of phenols is 1. The Kier molecular flexibility index (Phi) is 5.47. The van der Waals surface area contributed by atoms with Gasteiger partial charge in [0.1, 0.15) is 17.1 Å². The summed E-state index contributed by atoms with van der Waals surface area (Å²) in [6.07, 6.45) is 3.45. The molecule has 4 aromatic rings. The summed E-state index contributed by atoms with van der Waals surface area (Å²) >= 11 is 6.89. The fraction of sp³-hybridized carbons (Fsp3) is 0.419. The first-order valence-corrected chi connectivity index (χ1v) is 14.6. The number of aromatic nitrogens is 2. The molecule has 0 saturated carbocycles. The third-order valence-corrected chi connectivity index (χ3v) is 9.75. The molecule has 0 aliphatic carbocycles. The number of likely N-dealkylation sites (tertiary alicyclic amines) is 1. The maximum atomic E-state index is 16.8. The second kappa shape index (κ2) is 8.90. The number of piperazine rings is 1. The number of hydrogen-bond donors (Lipinski definition) is 2. The second-order valence-corrected chi connectivity index (χ2v) is 12.8. The Labute approximate surface area is 237 Å². The highest BCUT2D eigenvalue weighted by molar-refractivity contribution is 6.35. The number of hydrogen-bond acceptors (Lipinski definition) is 7. The fourth-order valence-corrected chi connectivity index (χ4v) is 7.88. The van der Waals surface area contributed by atoms with E-state index in [0.717, 1.165) is 68.7 Å². The Bertz CT molecular complexity index is 1660. The van der Waals surface area contributed by atoms with Crippen LogP contribution in [-0.4, -0.2) is 78.4 Å². The van der Waals surface area contributed by atoms with Crippen LogP contribution in [0.5, 0.6) is 5.75 Å². The number of anilines is 2. The fourth-order valence-electron chi connectivity index (χ4n) is 7.59. The molecule has 9 heteroatoms. The molecule has 2 bridgehead atoms. The number of aromatic hydroxyl groups is 1. The van der Waals surface area contributed by atoms with Gasteiger partial charge in [0.2, 0.25) is 5.95 Å². The van der Waals surface area contributed by atoms with Gasteiger partial charge in [-0.25, -0.2) is 9.37 Å². The van der Waals surface area contributed by atoms with Gasteiger partial charge in [-0.3, -0.25) is 0 Å². The van der Waals surface area contributed by atoms with Gasteiger partial charge in [-0.1, -0.05) is 35.9 Å². The summed E-state index contributed by atoms with van der Waals surface area (Å²) in [5.41, 5.74) is 1.36. The third kappa shape index (κ3) is 3.84. The normalized spacial score (nSPS) is 24.0. The largest absolute Gasteiger partial charge is 0.508 e. The number of benzene rings is 3. The lowest BCUT2D eigenvalue weighted by molar-refractivity contribution is 0.215. The van der Waals surface area contributed by atoms with Crippen LogP contribution in [0.4, 0.5) is 16.2 Å². The van der Waals surface area contributed by atoms with Crippen molar-refractivity contribution >= 4 is 45.0 Å². The molecule has 2 atom stereocenters. The van der Waals surface area contributed by atoms with Gasteiger partial charge >= 0.3 is 0 Å². The van der Waals surface area contributed by atoms with Gasteiger partial charge in [0.05, 0.1) is 5.02 Å². The lowest BCUT2D eigenvalue weighted by Crippen LogP contribution is -2.58. The summed E-state index contributed by atoms with van der Waals surface area (Å²) in [7, 11) is 2.17. The highest BCUT2D eigenvalue weighted by Gasteiger charge is 2.48. The van der Waals surface area contributed by atoms with Crippen LogP contribution in [0.1, 0.15) is 19.3 Å². The summed E-state index contributed by atoms with van der Waals surface area (Å²) in [6.45, 7) is 5.60. The van der Waals surface area contributed by atoms with Gasteiger partial charge in [-0.15, -0.1) is 0 Å². The van der Waals surface area contributed by atoms with Crippen LogP contribution in [-0.2, 0) is 0 Å². The van der Waals surface area contributed by atoms with E-state index in [0.29, 0.717) is 29.0 Å². The predicted octanol–water partition coefficient (Wildman–Crippen LogP) is 5.03. The second-order valence-electron chi connectivity index (χ2n) is 12.4. The lowest BCUT2D eigenvalue weighted by atomic mass is 9.79. The summed E-state index contributed by atoms with van der Waals surface area (Å²) < 4.78 is 16.8. The maximum Gasteiger partial charge on any atom is 0.228 e. The Hall–Kier alpha value is -3.20. The number of fused-ring (bicyclic) bond motifs is 4. The monoisotopic (exact) mass is 558 g/mol. The number of rotatable bonds is 3. The van der Waals surface area contributed by atoms with E-state index in [-0.39, 0.29) is 27.3 Å². The van der Waals surface area contributed by atoms with E-state index < -0.39 is 5.82 Å². The van der Waals surface area contributed by atoms with Crippen LogP contribution < -0.4 is 15.1 Å². The molecule has 1 spiro atoms. The Balaban J connectivity index is 1.30. The van der Waals surface area contributed by atoms with E-state index in [2.05, 4.69) is 27.1 Å². The van der Waals surface area contributed by atoms with Crippen LogP contribution in [0.2, 0.25) is 5.02 Å². The zero-order valence-corrected chi connectivity index (χ0v) is 23.3. The van der Waals surface area contributed by atoms with Crippen molar-refractivity contribution < 1.29 is 9.50 Å². The first kappa shape index (κ1) is 24.6. The van der Waals surface area contributed by atoms with Crippen molar-refractivity contribution in [1.29, 1.82) is 0 Å². The van der Waals surface area contributed by atoms with Gasteiger partial charge in [-0.2, -0.15) is 4.98 Å². The first-order valence-electron chi connectivity index (χ1n) is 14.2. The highest BCUT2D eigenvalue weighted by atomic mass is 35.5. The highest BCUT2D eigenvalue weighted by Crippen LogP contribution is 2.45. The zero-order valence-electron chi connectivity index (χ0n) is 22.5. The van der Waals surface area contributed by atoms with Crippen molar-refractivity contribution in [3.05, 3.63) is 53.3 Å². The van der Waals surface area contributed by atoms with E-state index in [1.165, 1.54) is 6.42 Å². The summed E-state index contributed by atoms with van der Waals surface area (Å²) in [4.78, 5) is 16.9. The van der Waals surface area contributed by atoms with Crippen LogP contribution in [0.15, 0.2) is 42.5 Å². The van der Waals surface area contributed by atoms with Crippen molar-refractivity contribution in [1.82, 2.24) is 20.2 Å². The minimum Gasteiger partial charge on any atom is -0.508 e. The van der Waals surface area contributed by atoms with E-state index in [1.807, 2.05) is 30.3 Å². The average molecular weight is 559 g/mol. The molecule has 1 aromatic heterocycles. The standard InChI is InChI=1S/C31H32ClFN6O/c1-37-9-8-31(15-37)16-39(17-31)30-35-28-24(29(36-30)38-13-19-6-7-20(14-38)34-19)12-25(32)26(27(28)33)23-11-21(40)10-18-4-2-3-5-22(18)23/h2-5,10-12,19-20,34,40H,6-9,13-17H2,1H3/t19-,20+. The van der Waals surface area contributed by atoms with Crippen molar-refractivity contribution in [3.8, 4) is 16.9 Å². The van der Waals surface area contributed by atoms with Gasteiger partial charge in [0, 0.05) is 61.2 Å². The van der Waals surface area contributed by atoms with Crippen LogP contribution in [0.25, 0.3) is 32.8 Å². The van der Waals surface area contributed by atoms with Crippen LogP contribution >= 0.6 is 11.6 Å². The van der Waals surface area contributed by atoms with Gasteiger partial charge in [-0.05, 0) is 67.4 Å². The average Bonchev–Trinajstić information content (AvgIpc) is 3.48. The molecule has 4 aliphatic heterocycles. The molecular formula is C31H32ClFN6O. The Morgan fingerprint density at radius 2 is 1.77 bits per heavy atom. The number of phenolic OH excluding ortho intramolecular Hbond substituents is 1. The van der Waals surface area contributed by atoms with Crippen molar-refractivity contribution in [2.75, 3.05) is 56.1 Å². The molecule has 206 valence electrons. The number of nitrogens with zero attached hydrogens (tertiary/aromatic N) is 5. The van der Waals surface area contributed by atoms with E-state index >= 15 is 4.39 Å². The first-order chi connectivity index (χ1) is 19.4. The van der Waals surface area contributed by atoms with E-state index in [1.54, 1.807) is 12.1 Å². The summed E-state index contributed by atoms with van der Waals surface area (Å²) in [5.74, 6) is 0.937. The topological polar surface area (TPSA) is 67.8 Å². The molecule has 4 fully saturated rings. The number of halogens is 2. The SMILES string of the molecule is CN1CCC2(C1)CN(c1nc(N3C[C@H]4CC[C@@H](C3)N4)c3cc(Cl)c(-c4cc(O)cc5ccccc45)c(F)c3n1)C2. The molecule has 5 heterocycles. The smallest absolute Gasteiger partial charge is 0.228 e. The van der Waals surface area contributed by atoms with E-state index in [9.17, 15) is 5.11 Å². The molecule has 4 aliphatic rings. The minimum atomic E-state index is -0.475. The third-order valence-electron chi connectivity index (χ3n) is 9.45. The van der Waals surface area contributed by atoms with Crippen LogP contribution in [0.3, 0.4) is 0 Å². The lowest BCUT2D eigenvalue weighted by Gasteiger charge is -2.48. The maximum absolute atomic E-state index is 16.8. The molecule has 0 amide bonds. The summed E-state index contributed by atoms with van der Waals surface area (Å²) in [6, 6.07) is 13.6. The van der Waals surface area contributed by atoms with E-state index in [4.69, 9.17) is 21.6 Å². The minimum absolute atomic E-state index is 0.0667. The Morgan fingerprint density at radius 1 is 1.00 bits per heavy atom. The quantitative estimate of drug-likeness (QED) is 0.365. The zero-order chi connectivity index (χ0) is 27.2. The van der Waals surface area contributed by atoms with Crippen molar-refractivity contribution in [2.45, 2.75) is 31.3 Å². The Morgan fingerprint density at radius 3 is 2.52 bits per heavy atom. The molecule has 4 saturated heterocycles. The molecule has 0 radical (unpaired) electrons. The van der Waals surface area contributed by atoms with Gasteiger partial charge in [0.15, 0.2) is 5.82 Å². The van der Waals surface area contributed by atoms with Gasteiger partial charge < -0.3 is 25.1 Å². The molecule has 8 rings (SSSR count). The summed E-state index contributed by atoms with van der Waals surface area (Å²) in [5, 5.41) is 16.8. The molecule has 2 N–H and O–H groups in total. The molecule has 0 unspecified atom stereocenters. The van der Waals surface area contributed by atoms with Gasteiger partial charge in [0.25, 0.3) is 0 Å². The van der Waals surface area contributed by atoms with Crippen molar-refractivity contribution in [3.63, 3.8) is 0 Å². The predicted molar refractivity (Wildman–Crippen MR) is 158 cm³/mol. The molecule has 40 heavy (non-hydrogen) atoms. The molecular weight excluding hydrogens is 527 g/mol.